The molecule has 0 bridgehead atoms. The highest BCUT2D eigenvalue weighted by Crippen LogP contribution is 2.31. The summed E-state index contributed by atoms with van der Waals surface area (Å²) >= 11 is 0. The molecule has 0 spiro atoms. The van der Waals surface area contributed by atoms with Crippen LogP contribution in [-0.2, 0) is 14.8 Å². The summed E-state index contributed by atoms with van der Waals surface area (Å²) in [4.78, 5) is 26.3. The predicted octanol–water partition coefficient (Wildman–Crippen LogP) is 4.02. The number of sulfonamides is 1. The van der Waals surface area contributed by atoms with Crippen molar-refractivity contribution in [3.8, 4) is 0 Å². The number of hydrogen-bond donors (Lipinski definition) is 3. The molecule has 0 aromatic heterocycles. The molecule has 0 unspecified atom stereocenters. The molecular weight excluding hydrogens is 549 g/mol. The van der Waals surface area contributed by atoms with Crippen LogP contribution in [0.3, 0.4) is 0 Å². The number of piperazine rings is 1. The molecule has 2 aliphatic rings. The molecule has 2 aromatic carbocycles. The van der Waals surface area contributed by atoms with Crippen LogP contribution in [0, 0.1) is 19.8 Å². The number of carbonyl (C=O) groups excluding carboxylic acids is 1. The molecule has 220 valence electrons. The number of aliphatic carboxylic acids is 1. The van der Waals surface area contributed by atoms with Crippen molar-refractivity contribution < 1.29 is 36.3 Å². The number of carbonyl (C=O) groups is 2. The molecule has 1 amide bonds. The maximum atomic E-state index is 13.3. The third-order valence-corrected chi connectivity index (χ3v) is 8.41. The molecule has 0 aliphatic carbocycles. The van der Waals surface area contributed by atoms with E-state index in [1.807, 2.05) is 36.9 Å². The molecule has 4 rings (SSSR count). The van der Waals surface area contributed by atoms with Gasteiger partial charge >= 0.3 is 12.1 Å². The van der Waals surface area contributed by atoms with Gasteiger partial charge in [-0.05, 0) is 74.1 Å². The number of rotatable bonds is 5. The average molecular weight is 585 g/mol. The van der Waals surface area contributed by atoms with Gasteiger partial charge in [0.05, 0.1) is 16.3 Å². The number of piperidine rings is 1. The number of likely N-dealkylation sites (tertiary alicyclic amines) is 1. The number of carboxylic acids is 1. The zero-order valence-corrected chi connectivity index (χ0v) is 23.5. The molecule has 0 radical (unpaired) electrons. The minimum absolute atomic E-state index is 0.0413. The summed E-state index contributed by atoms with van der Waals surface area (Å²) in [6, 6.07) is 10.5. The highest BCUT2D eigenvalue weighted by molar-refractivity contribution is 7.92. The lowest BCUT2D eigenvalue weighted by atomic mass is 9.98. The number of nitrogens with zero attached hydrogens (tertiary/aromatic N) is 2. The topological polar surface area (TPSA) is 119 Å². The molecule has 2 fully saturated rings. The van der Waals surface area contributed by atoms with Gasteiger partial charge in [0, 0.05) is 44.8 Å². The average Bonchev–Trinajstić information content (AvgIpc) is 2.90. The maximum Gasteiger partial charge on any atom is 0.490 e. The number of hydrogen-bond acceptors (Lipinski definition) is 6. The monoisotopic (exact) mass is 584 g/mol. The lowest BCUT2D eigenvalue weighted by molar-refractivity contribution is -0.192. The molecule has 3 N–H and O–H groups in total. The van der Waals surface area contributed by atoms with Gasteiger partial charge in [-0.1, -0.05) is 13.0 Å². The Morgan fingerprint density at radius 1 is 0.975 bits per heavy atom. The minimum Gasteiger partial charge on any atom is -0.475 e. The van der Waals surface area contributed by atoms with Crippen molar-refractivity contribution >= 4 is 33.3 Å². The highest BCUT2D eigenvalue weighted by Gasteiger charge is 2.38. The summed E-state index contributed by atoms with van der Waals surface area (Å²) in [6.45, 7) is 10.8. The molecule has 2 saturated heterocycles. The lowest BCUT2D eigenvalue weighted by Crippen LogP contribution is -2.44. The number of carboxylic acid groups (broad SMARTS) is 1. The van der Waals surface area contributed by atoms with E-state index in [1.54, 1.807) is 18.2 Å². The molecule has 2 heterocycles. The fourth-order valence-electron chi connectivity index (χ4n) is 4.41. The maximum absolute atomic E-state index is 13.3. The van der Waals surface area contributed by atoms with E-state index in [2.05, 4.69) is 21.9 Å². The van der Waals surface area contributed by atoms with Crippen molar-refractivity contribution in [1.82, 2.24) is 10.2 Å². The number of halogens is 3. The summed E-state index contributed by atoms with van der Waals surface area (Å²) in [6.07, 6.45) is -3.09. The molecule has 9 nitrogen and oxygen atoms in total. The zero-order valence-electron chi connectivity index (χ0n) is 22.7. The number of aryl methyl sites for hydroxylation is 2. The molecule has 0 atom stereocenters. The Balaban J connectivity index is 0.000000559. The Morgan fingerprint density at radius 3 is 2.12 bits per heavy atom. The van der Waals surface area contributed by atoms with Crippen LogP contribution < -0.4 is 14.9 Å². The first-order valence-corrected chi connectivity index (χ1v) is 14.5. The fraction of sp³-hybridized carbons (Fsp3) is 0.481. The zero-order chi connectivity index (χ0) is 29.7. The van der Waals surface area contributed by atoms with E-state index < -0.39 is 22.2 Å². The van der Waals surface area contributed by atoms with Gasteiger partial charge in [-0.25, -0.2) is 13.2 Å². The number of alkyl halides is 3. The Labute approximate surface area is 232 Å². The fourth-order valence-corrected chi connectivity index (χ4v) is 5.56. The van der Waals surface area contributed by atoms with Gasteiger partial charge in [0.15, 0.2) is 0 Å². The second-order valence-corrected chi connectivity index (χ2v) is 11.8. The van der Waals surface area contributed by atoms with Crippen molar-refractivity contribution in [2.24, 2.45) is 5.92 Å². The van der Waals surface area contributed by atoms with E-state index in [-0.39, 0.29) is 10.8 Å². The summed E-state index contributed by atoms with van der Waals surface area (Å²) in [5.41, 5.74) is 3.72. The summed E-state index contributed by atoms with van der Waals surface area (Å²) in [5.74, 6) is -2.17. The van der Waals surface area contributed by atoms with E-state index >= 15 is 0 Å². The summed E-state index contributed by atoms with van der Waals surface area (Å²) < 4.78 is 61.1. The van der Waals surface area contributed by atoms with Crippen LogP contribution in [0.25, 0.3) is 0 Å². The van der Waals surface area contributed by atoms with Crippen molar-refractivity contribution in [2.45, 2.75) is 44.7 Å². The summed E-state index contributed by atoms with van der Waals surface area (Å²) in [7, 11) is -3.81. The van der Waals surface area contributed by atoms with Crippen LogP contribution >= 0.6 is 0 Å². The van der Waals surface area contributed by atoms with Gasteiger partial charge in [-0.15, -0.1) is 0 Å². The molecule has 40 heavy (non-hydrogen) atoms. The third-order valence-electron chi connectivity index (χ3n) is 7.05. The first kappa shape index (κ1) is 31.2. The lowest BCUT2D eigenvalue weighted by Gasteiger charge is -2.32. The Bertz CT molecular complexity index is 1320. The molecule has 0 saturated carbocycles. The number of amides is 1. The van der Waals surface area contributed by atoms with Crippen LogP contribution in [-0.4, -0.2) is 75.7 Å². The smallest absolute Gasteiger partial charge is 0.475 e. The van der Waals surface area contributed by atoms with E-state index in [0.717, 1.165) is 68.9 Å². The Morgan fingerprint density at radius 2 is 1.57 bits per heavy atom. The van der Waals surface area contributed by atoms with E-state index in [0.29, 0.717) is 17.2 Å². The first-order valence-electron chi connectivity index (χ1n) is 13.0. The predicted molar refractivity (Wildman–Crippen MR) is 146 cm³/mol. The van der Waals surface area contributed by atoms with E-state index in [4.69, 9.17) is 9.90 Å². The van der Waals surface area contributed by atoms with Crippen LogP contribution in [0.4, 0.5) is 24.5 Å². The number of nitrogens with one attached hydrogen (secondary N) is 2. The van der Waals surface area contributed by atoms with Gasteiger partial charge in [0.1, 0.15) is 0 Å². The van der Waals surface area contributed by atoms with Crippen LogP contribution in [0.5, 0.6) is 0 Å². The second kappa shape index (κ2) is 12.9. The van der Waals surface area contributed by atoms with Crippen molar-refractivity contribution in [3.63, 3.8) is 0 Å². The third kappa shape index (κ3) is 8.10. The molecule has 13 heteroatoms. The highest BCUT2D eigenvalue weighted by atomic mass is 32.2. The van der Waals surface area contributed by atoms with Gasteiger partial charge in [-0.3, -0.25) is 9.52 Å². The molecule has 2 aliphatic heterocycles. The van der Waals surface area contributed by atoms with Gasteiger partial charge in [-0.2, -0.15) is 13.2 Å². The van der Waals surface area contributed by atoms with Crippen LogP contribution in [0.1, 0.15) is 41.3 Å². The van der Waals surface area contributed by atoms with Crippen LogP contribution in [0.2, 0.25) is 0 Å². The number of benzene rings is 2. The molecule has 2 aromatic rings. The quantitative estimate of drug-likeness (QED) is 0.486. The molecular formula is C27H35F3N4O5S. The van der Waals surface area contributed by atoms with Gasteiger partial charge in [0.2, 0.25) is 0 Å². The second-order valence-electron chi connectivity index (χ2n) is 10.1. The van der Waals surface area contributed by atoms with E-state index in [1.165, 1.54) is 0 Å². The number of anilines is 2. The Hall–Kier alpha value is -3.32. The van der Waals surface area contributed by atoms with Crippen molar-refractivity contribution in [2.75, 3.05) is 48.9 Å². The SMILES string of the molecule is Cc1ccc(S(=O)(=O)Nc2cc(C(=O)N3CCC(C)CC3)ccc2N2CCNCC2)cc1C.O=C(O)C(F)(F)F. The summed E-state index contributed by atoms with van der Waals surface area (Å²) in [5, 5.41) is 10.4. The first-order chi connectivity index (χ1) is 18.7. The van der Waals surface area contributed by atoms with E-state index in [9.17, 15) is 26.4 Å². The van der Waals surface area contributed by atoms with Crippen molar-refractivity contribution in [3.05, 3.63) is 53.1 Å². The van der Waals surface area contributed by atoms with Crippen LogP contribution in [0.15, 0.2) is 41.3 Å². The minimum atomic E-state index is -5.08. The van der Waals surface area contributed by atoms with Gasteiger partial charge < -0.3 is 20.2 Å². The standard InChI is InChI=1S/C25H34N4O3S.C2HF3O2/c1-18-8-12-29(13-9-18)25(30)21-5-7-24(28-14-10-26-11-15-28)23(17-21)27-33(31,32)22-6-4-19(2)20(3)16-22;3-2(4,5)1(6)7/h4-7,16-18,26-27H,8-15H2,1-3H3;(H,6,7). The Kier molecular flexibility index (Phi) is 10.1. The largest absolute Gasteiger partial charge is 0.490 e. The normalized spacial score (nSPS) is 16.6. The van der Waals surface area contributed by atoms with Gasteiger partial charge in [0.25, 0.3) is 15.9 Å². The van der Waals surface area contributed by atoms with Crippen molar-refractivity contribution in [1.29, 1.82) is 0 Å².